The van der Waals surface area contributed by atoms with Crippen molar-refractivity contribution in [3.8, 4) is 11.8 Å². The topological polar surface area (TPSA) is 98.1 Å². The quantitative estimate of drug-likeness (QED) is 0.694. The Labute approximate surface area is 171 Å². The lowest BCUT2D eigenvalue weighted by atomic mass is 9.84. The monoisotopic (exact) mass is 400 g/mol. The minimum atomic E-state index is -0.550. The van der Waals surface area contributed by atoms with Crippen LogP contribution >= 0.6 is 0 Å². The van der Waals surface area contributed by atoms with Crippen LogP contribution in [-0.2, 0) is 4.74 Å². The summed E-state index contributed by atoms with van der Waals surface area (Å²) >= 11 is 0. The number of alkyl carbamates (subject to hydrolysis) is 1. The van der Waals surface area contributed by atoms with E-state index in [0.29, 0.717) is 36.3 Å². The molecule has 2 bridgehead atoms. The number of nitriles is 1. The van der Waals surface area contributed by atoms with E-state index in [1.54, 1.807) is 24.3 Å². The fourth-order valence-electron chi connectivity index (χ4n) is 4.80. The molecule has 4 atom stereocenters. The molecule has 3 heterocycles. The molecule has 156 valence electrons. The highest BCUT2D eigenvalue weighted by atomic mass is 16.6. The van der Waals surface area contributed by atoms with Crippen LogP contribution in [0.5, 0.6) is 5.75 Å². The maximum atomic E-state index is 11.2. The fraction of sp³-hybridized carbons (Fsp3) is 0.619. The van der Waals surface area contributed by atoms with Crippen molar-refractivity contribution < 1.29 is 19.4 Å². The van der Waals surface area contributed by atoms with Crippen molar-refractivity contribution in [2.45, 2.75) is 18.6 Å². The average molecular weight is 400 g/mol. The van der Waals surface area contributed by atoms with E-state index in [-0.39, 0.29) is 18.7 Å². The molecule has 1 aromatic rings. The number of carbonyl (C=O) groups excluding carboxylic acids is 1. The van der Waals surface area contributed by atoms with Gasteiger partial charge in [-0.05, 0) is 42.5 Å². The van der Waals surface area contributed by atoms with Crippen molar-refractivity contribution in [3.05, 3.63) is 29.8 Å². The third-order valence-electron chi connectivity index (χ3n) is 5.84. The van der Waals surface area contributed by atoms with E-state index < -0.39 is 6.10 Å². The van der Waals surface area contributed by atoms with E-state index in [1.807, 2.05) is 0 Å². The molecular weight excluding hydrogens is 372 g/mol. The van der Waals surface area contributed by atoms with Crippen LogP contribution in [0.15, 0.2) is 24.3 Å². The Balaban J connectivity index is 1.20. The number of likely N-dealkylation sites (tertiary alicyclic amines) is 2. The average Bonchev–Trinajstić information content (AvgIpc) is 3.10. The Hall–Kier alpha value is -2.34. The zero-order chi connectivity index (χ0) is 20.2. The zero-order valence-electron chi connectivity index (χ0n) is 16.5. The summed E-state index contributed by atoms with van der Waals surface area (Å²) < 4.78 is 10.7. The van der Waals surface area contributed by atoms with Gasteiger partial charge in [0.05, 0.1) is 17.7 Å². The first-order valence-corrected chi connectivity index (χ1v) is 10.3. The SMILES string of the molecule is N#Cc1ccc(OCC(O)CN2CC3CC(C2)CN(CC2COC(=O)N2)C3)cc1. The van der Waals surface area contributed by atoms with E-state index in [9.17, 15) is 9.90 Å². The summed E-state index contributed by atoms with van der Waals surface area (Å²) in [5.41, 5.74) is 0.592. The molecule has 4 rings (SSSR count). The number of nitrogens with one attached hydrogen (secondary N) is 1. The molecule has 4 unspecified atom stereocenters. The number of benzene rings is 1. The van der Waals surface area contributed by atoms with E-state index >= 15 is 0 Å². The third-order valence-corrected chi connectivity index (χ3v) is 5.84. The van der Waals surface area contributed by atoms with Gasteiger partial charge in [0.25, 0.3) is 0 Å². The molecule has 8 heteroatoms. The van der Waals surface area contributed by atoms with E-state index in [0.717, 1.165) is 32.7 Å². The van der Waals surface area contributed by atoms with Crippen molar-refractivity contribution in [2.24, 2.45) is 11.8 Å². The number of hydrogen-bond acceptors (Lipinski definition) is 7. The van der Waals surface area contributed by atoms with Gasteiger partial charge < -0.3 is 24.8 Å². The number of rotatable bonds is 7. The lowest BCUT2D eigenvalue weighted by molar-refractivity contribution is -0.00177. The van der Waals surface area contributed by atoms with Crippen LogP contribution in [0.3, 0.4) is 0 Å². The van der Waals surface area contributed by atoms with Gasteiger partial charge in [-0.3, -0.25) is 4.90 Å². The van der Waals surface area contributed by atoms with Crippen LogP contribution in [0.25, 0.3) is 0 Å². The molecule has 2 N–H and O–H groups in total. The normalized spacial score (nSPS) is 28.3. The molecule has 0 spiro atoms. The fourth-order valence-corrected chi connectivity index (χ4v) is 4.80. The summed E-state index contributed by atoms with van der Waals surface area (Å²) in [5.74, 6) is 1.84. The van der Waals surface area contributed by atoms with Crippen molar-refractivity contribution in [1.82, 2.24) is 15.1 Å². The zero-order valence-corrected chi connectivity index (χ0v) is 16.5. The van der Waals surface area contributed by atoms with Gasteiger partial charge in [0, 0.05) is 39.3 Å². The predicted molar refractivity (Wildman–Crippen MR) is 105 cm³/mol. The van der Waals surface area contributed by atoms with Crippen molar-refractivity contribution >= 4 is 6.09 Å². The minimum Gasteiger partial charge on any atom is -0.491 e. The van der Waals surface area contributed by atoms with Crippen molar-refractivity contribution in [3.63, 3.8) is 0 Å². The molecule has 0 aliphatic carbocycles. The first-order chi connectivity index (χ1) is 14.1. The lowest BCUT2D eigenvalue weighted by Crippen LogP contribution is -2.56. The standard InChI is InChI=1S/C21H28N4O4/c22-6-15-1-3-20(4-2-15)28-14-19(26)12-25-9-16-5-17(10-25)8-24(7-16)11-18-13-29-21(27)23-18/h1-4,16-19,26H,5,7-14H2,(H,23,27). The third kappa shape index (κ3) is 5.38. The van der Waals surface area contributed by atoms with E-state index in [1.165, 1.54) is 6.42 Å². The molecule has 0 saturated carbocycles. The summed E-state index contributed by atoms with van der Waals surface area (Å²) in [6.07, 6.45) is 0.375. The van der Waals surface area contributed by atoms with Crippen LogP contribution in [0.4, 0.5) is 4.79 Å². The van der Waals surface area contributed by atoms with Gasteiger partial charge in [0.15, 0.2) is 0 Å². The second-order valence-corrected chi connectivity index (χ2v) is 8.45. The van der Waals surface area contributed by atoms with Gasteiger partial charge >= 0.3 is 6.09 Å². The van der Waals surface area contributed by atoms with E-state index in [2.05, 4.69) is 21.2 Å². The number of cyclic esters (lactones) is 1. The molecule has 0 aromatic heterocycles. The highest BCUT2D eigenvalue weighted by Gasteiger charge is 2.36. The first-order valence-electron chi connectivity index (χ1n) is 10.3. The Morgan fingerprint density at radius 3 is 2.52 bits per heavy atom. The Morgan fingerprint density at radius 2 is 1.90 bits per heavy atom. The lowest BCUT2D eigenvalue weighted by Gasteiger charge is -2.46. The molecule has 29 heavy (non-hydrogen) atoms. The summed E-state index contributed by atoms with van der Waals surface area (Å²) in [7, 11) is 0. The van der Waals surface area contributed by atoms with Gasteiger partial charge in [-0.2, -0.15) is 5.26 Å². The minimum absolute atomic E-state index is 0.0959. The number of hydrogen-bond donors (Lipinski definition) is 2. The molecule has 3 aliphatic heterocycles. The van der Waals surface area contributed by atoms with Gasteiger partial charge in [0.1, 0.15) is 25.1 Å². The molecule has 1 aromatic carbocycles. The molecular formula is C21H28N4O4. The van der Waals surface area contributed by atoms with Gasteiger partial charge in [-0.25, -0.2) is 4.79 Å². The molecule has 1 amide bonds. The van der Waals surface area contributed by atoms with E-state index in [4.69, 9.17) is 14.7 Å². The van der Waals surface area contributed by atoms with Crippen LogP contribution in [0, 0.1) is 23.2 Å². The predicted octanol–water partition coefficient (Wildman–Crippen LogP) is 0.660. The Morgan fingerprint density at radius 1 is 1.21 bits per heavy atom. The smallest absolute Gasteiger partial charge is 0.407 e. The van der Waals surface area contributed by atoms with Crippen molar-refractivity contribution in [2.75, 3.05) is 52.5 Å². The first kappa shape index (κ1) is 20.0. The van der Waals surface area contributed by atoms with Crippen LogP contribution in [0.1, 0.15) is 12.0 Å². The summed E-state index contributed by atoms with van der Waals surface area (Å²) in [5, 5.41) is 22.1. The Bertz CT molecular complexity index is 736. The van der Waals surface area contributed by atoms with Crippen LogP contribution in [0.2, 0.25) is 0 Å². The second-order valence-electron chi connectivity index (χ2n) is 8.45. The number of amides is 1. The number of piperidine rings is 2. The number of ether oxygens (including phenoxy) is 2. The molecule has 3 fully saturated rings. The molecule has 3 saturated heterocycles. The molecule has 8 nitrogen and oxygen atoms in total. The number of fused-ring (bicyclic) bond motifs is 2. The number of β-amino-alcohol motifs (C(OH)–C–C–N with tert-alkyl or cyclic N) is 1. The second kappa shape index (κ2) is 8.99. The maximum Gasteiger partial charge on any atom is 0.407 e. The number of aliphatic hydroxyl groups is 1. The highest BCUT2D eigenvalue weighted by Crippen LogP contribution is 2.29. The van der Waals surface area contributed by atoms with Crippen LogP contribution in [-0.4, -0.2) is 85.6 Å². The summed E-state index contributed by atoms with van der Waals surface area (Å²) in [6.45, 7) is 6.17. The highest BCUT2D eigenvalue weighted by molar-refractivity contribution is 5.69. The molecule has 3 aliphatic rings. The van der Waals surface area contributed by atoms with Gasteiger partial charge in [-0.15, -0.1) is 0 Å². The van der Waals surface area contributed by atoms with Gasteiger partial charge in [-0.1, -0.05) is 0 Å². The summed E-state index contributed by atoms with van der Waals surface area (Å²) in [4.78, 5) is 16.0. The number of carbonyl (C=O) groups is 1. The summed E-state index contributed by atoms with van der Waals surface area (Å²) in [6, 6.07) is 9.10. The largest absolute Gasteiger partial charge is 0.491 e. The number of nitrogens with zero attached hydrogens (tertiary/aromatic N) is 3. The Kier molecular flexibility index (Phi) is 6.19. The van der Waals surface area contributed by atoms with Crippen molar-refractivity contribution in [1.29, 1.82) is 5.26 Å². The number of aliphatic hydroxyl groups excluding tert-OH is 1. The van der Waals surface area contributed by atoms with Gasteiger partial charge in [0.2, 0.25) is 0 Å². The maximum absolute atomic E-state index is 11.2. The molecule has 0 radical (unpaired) electrons. The van der Waals surface area contributed by atoms with Crippen LogP contribution < -0.4 is 10.1 Å².